The van der Waals surface area contributed by atoms with Crippen LogP contribution in [0.5, 0.6) is 0 Å². The lowest BCUT2D eigenvalue weighted by Crippen LogP contribution is -2.29. The van der Waals surface area contributed by atoms with E-state index in [1.807, 2.05) is 26.8 Å². The van der Waals surface area contributed by atoms with Gasteiger partial charge in [-0.15, -0.1) is 0 Å². The molecule has 106 valence electrons. The molecule has 0 aliphatic rings. The molecule has 0 radical (unpaired) electrons. The van der Waals surface area contributed by atoms with E-state index in [-0.39, 0.29) is 18.4 Å². The van der Waals surface area contributed by atoms with E-state index >= 15 is 0 Å². The summed E-state index contributed by atoms with van der Waals surface area (Å²) in [5.41, 5.74) is 1.85. The summed E-state index contributed by atoms with van der Waals surface area (Å²) in [4.78, 5) is 19.6. The lowest BCUT2D eigenvalue weighted by Gasteiger charge is -2.21. The average molecular weight is 265 g/mol. The number of nitrogens with zero attached hydrogens (tertiary/aromatic N) is 2. The third kappa shape index (κ3) is 4.85. The molecule has 0 amide bonds. The highest BCUT2D eigenvalue weighted by Gasteiger charge is 2.18. The molecule has 19 heavy (non-hydrogen) atoms. The number of anilines is 1. The van der Waals surface area contributed by atoms with Crippen molar-refractivity contribution in [2.45, 2.75) is 53.0 Å². The number of hydrogen-bond acceptors (Lipinski definition) is 4. The quantitative estimate of drug-likeness (QED) is 0.827. The van der Waals surface area contributed by atoms with Gasteiger partial charge in [0.25, 0.3) is 0 Å². The van der Waals surface area contributed by atoms with Crippen molar-refractivity contribution in [3.63, 3.8) is 0 Å². The van der Waals surface area contributed by atoms with Crippen molar-refractivity contribution in [3.05, 3.63) is 17.5 Å². The number of aliphatic carboxylic acids is 1. The van der Waals surface area contributed by atoms with Gasteiger partial charge < -0.3 is 10.4 Å². The summed E-state index contributed by atoms with van der Waals surface area (Å²) >= 11 is 0. The lowest BCUT2D eigenvalue weighted by atomic mass is 10.0. The molecule has 1 atom stereocenters. The van der Waals surface area contributed by atoms with Crippen molar-refractivity contribution >= 4 is 11.9 Å². The summed E-state index contributed by atoms with van der Waals surface area (Å²) < 4.78 is 0. The van der Waals surface area contributed by atoms with Gasteiger partial charge in [0.15, 0.2) is 0 Å². The second kappa shape index (κ2) is 6.50. The van der Waals surface area contributed by atoms with Crippen LogP contribution in [0.3, 0.4) is 0 Å². The molecule has 0 aliphatic heterocycles. The molecule has 0 bridgehead atoms. The molecule has 1 unspecified atom stereocenters. The van der Waals surface area contributed by atoms with E-state index < -0.39 is 5.97 Å². The molecule has 1 rings (SSSR count). The predicted molar refractivity (Wildman–Crippen MR) is 75.4 cm³/mol. The van der Waals surface area contributed by atoms with Gasteiger partial charge in [0.1, 0.15) is 0 Å². The van der Waals surface area contributed by atoms with Crippen LogP contribution in [-0.4, -0.2) is 27.1 Å². The maximum Gasteiger partial charge on any atom is 0.305 e. The molecular formula is C14H23N3O2. The summed E-state index contributed by atoms with van der Waals surface area (Å²) in [6.45, 7) is 10.0. The fourth-order valence-electron chi connectivity index (χ4n) is 1.76. The second-order valence-corrected chi connectivity index (χ2v) is 5.51. The number of nitrogens with one attached hydrogen (secondary N) is 1. The SMILES string of the molecule is Cc1cc(C(C)C)nc(NC(CC(=O)O)C(C)C)n1. The molecule has 5 heteroatoms. The van der Waals surface area contributed by atoms with Gasteiger partial charge >= 0.3 is 5.97 Å². The molecule has 0 saturated carbocycles. The smallest absolute Gasteiger partial charge is 0.305 e. The molecule has 0 aromatic carbocycles. The number of carboxylic acid groups (broad SMARTS) is 1. The van der Waals surface area contributed by atoms with Gasteiger partial charge in [-0.2, -0.15) is 0 Å². The van der Waals surface area contributed by atoms with Crippen molar-refractivity contribution in [2.24, 2.45) is 5.92 Å². The standard InChI is InChI=1S/C14H23N3O2/c1-8(2)11-6-10(5)15-14(16-11)17-12(9(3)4)7-13(18)19/h6,8-9,12H,7H2,1-5H3,(H,18,19)(H,15,16,17). The largest absolute Gasteiger partial charge is 0.481 e. The Morgan fingerprint density at radius 3 is 2.42 bits per heavy atom. The molecular weight excluding hydrogens is 242 g/mol. The Morgan fingerprint density at radius 1 is 1.32 bits per heavy atom. The molecule has 0 saturated heterocycles. The van der Waals surface area contributed by atoms with Crippen molar-refractivity contribution < 1.29 is 9.90 Å². The highest BCUT2D eigenvalue weighted by Crippen LogP contribution is 2.17. The van der Waals surface area contributed by atoms with Gasteiger partial charge in [0.2, 0.25) is 5.95 Å². The van der Waals surface area contributed by atoms with Crippen LogP contribution in [0.2, 0.25) is 0 Å². The fraction of sp³-hybridized carbons (Fsp3) is 0.643. The van der Waals surface area contributed by atoms with Crippen LogP contribution in [0.4, 0.5) is 5.95 Å². The molecule has 1 heterocycles. The topological polar surface area (TPSA) is 75.1 Å². The van der Waals surface area contributed by atoms with E-state index in [2.05, 4.69) is 29.1 Å². The predicted octanol–water partition coefficient (Wildman–Crippen LogP) is 2.82. The van der Waals surface area contributed by atoms with E-state index in [0.717, 1.165) is 11.4 Å². The Kier molecular flexibility index (Phi) is 5.27. The maximum absolute atomic E-state index is 10.9. The van der Waals surface area contributed by atoms with Crippen LogP contribution >= 0.6 is 0 Å². The number of hydrogen-bond donors (Lipinski definition) is 2. The van der Waals surface area contributed by atoms with E-state index in [1.165, 1.54) is 0 Å². The Balaban J connectivity index is 2.92. The monoisotopic (exact) mass is 265 g/mol. The minimum atomic E-state index is -0.817. The Bertz CT molecular complexity index is 444. The first-order valence-corrected chi connectivity index (χ1v) is 6.63. The molecule has 0 aliphatic carbocycles. The zero-order chi connectivity index (χ0) is 14.6. The number of aromatic nitrogens is 2. The van der Waals surface area contributed by atoms with Crippen molar-refractivity contribution in [1.82, 2.24) is 9.97 Å². The van der Waals surface area contributed by atoms with Crippen LogP contribution in [0, 0.1) is 12.8 Å². The normalized spacial score (nSPS) is 12.8. The summed E-state index contributed by atoms with van der Waals surface area (Å²) in [5.74, 6) is 0.216. The van der Waals surface area contributed by atoms with Crippen LogP contribution < -0.4 is 5.32 Å². The third-order valence-electron chi connectivity index (χ3n) is 2.98. The van der Waals surface area contributed by atoms with Crippen molar-refractivity contribution in [1.29, 1.82) is 0 Å². The zero-order valence-electron chi connectivity index (χ0n) is 12.3. The summed E-state index contributed by atoms with van der Waals surface area (Å²) in [7, 11) is 0. The Labute approximate surface area is 114 Å². The van der Waals surface area contributed by atoms with E-state index in [0.29, 0.717) is 11.9 Å². The minimum absolute atomic E-state index is 0.0615. The maximum atomic E-state index is 10.9. The van der Waals surface area contributed by atoms with Crippen LogP contribution in [0.25, 0.3) is 0 Å². The number of rotatable bonds is 6. The molecule has 0 spiro atoms. The summed E-state index contributed by atoms with van der Waals surface area (Å²) in [6, 6.07) is 1.79. The van der Waals surface area contributed by atoms with Crippen molar-refractivity contribution in [3.8, 4) is 0 Å². The second-order valence-electron chi connectivity index (χ2n) is 5.51. The third-order valence-corrected chi connectivity index (χ3v) is 2.98. The Hall–Kier alpha value is -1.65. The van der Waals surface area contributed by atoms with Crippen molar-refractivity contribution in [2.75, 3.05) is 5.32 Å². The lowest BCUT2D eigenvalue weighted by molar-refractivity contribution is -0.137. The molecule has 0 fully saturated rings. The number of carbonyl (C=O) groups is 1. The molecule has 1 aromatic rings. The zero-order valence-corrected chi connectivity index (χ0v) is 12.3. The summed E-state index contributed by atoms with van der Waals surface area (Å²) in [6.07, 6.45) is 0.0615. The van der Waals surface area contributed by atoms with Gasteiger partial charge in [-0.25, -0.2) is 9.97 Å². The van der Waals surface area contributed by atoms with Gasteiger partial charge in [-0.05, 0) is 24.8 Å². The number of aryl methyl sites for hydroxylation is 1. The van der Waals surface area contributed by atoms with E-state index in [9.17, 15) is 4.79 Å². The first-order valence-electron chi connectivity index (χ1n) is 6.63. The number of carboxylic acids is 1. The molecule has 5 nitrogen and oxygen atoms in total. The fourth-order valence-corrected chi connectivity index (χ4v) is 1.76. The highest BCUT2D eigenvalue weighted by atomic mass is 16.4. The van der Waals surface area contributed by atoms with Gasteiger partial charge in [-0.3, -0.25) is 4.79 Å². The molecule has 1 aromatic heterocycles. The summed E-state index contributed by atoms with van der Waals surface area (Å²) in [5, 5.41) is 12.1. The van der Waals surface area contributed by atoms with Crippen LogP contribution in [0.1, 0.15) is 51.4 Å². The first kappa shape index (κ1) is 15.4. The minimum Gasteiger partial charge on any atom is -0.481 e. The van der Waals surface area contributed by atoms with Gasteiger partial charge in [-0.1, -0.05) is 27.7 Å². The van der Waals surface area contributed by atoms with Gasteiger partial charge in [0.05, 0.1) is 6.42 Å². The average Bonchev–Trinajstić information content (AvgIpc) is 2.26. The van der Waals surface area contributed by atoms with Crippen LogP contribution in [0.15, 0.2) is 6.07 Å². The first-order chi connectivity index (χ1) is 8.79. The van der Waals surface area contributed by atoms with Gasteiger partial charge in [0, 0.05) is 17.4 Å². The van der Waals surface area contributed by atoms with E-state index in [1.54, 1.807) is 0 Å². The highest BCUT2D eigenvalue weighted by molar-refractivity contribution is 5.68. The van der Waals surface area contributed by atoms with E-state index in [4.69, 9.17) is 5.11 Å². The molecule has 2 N–H and O–H groups in total. The Morgan fingerprint density at radius 2 is 1.95 bits per heavy atom. The van der Waals surface area contributed by atoms with Crippen LogP contribution in [-0.2, 0) is 4.79 Å².